The first-order valence-corrected chi connectivity index (χ1v) is 9.57. The maximum absolute atomic E-state index is 5.84. The highest BCUT2D eigenvalue weighted by Crippen LogP contribution is 2.21. The van der Waals surface area contributed by atoms with Crippen molar-refractivity contribution >= 4 is 5.65 Å². The quantitative estimate of drug-likeness (QED) is 0.443. The maximum Gasteiger partial charge on any atom is 0.237 e. The Morgan fingerprint density at radius 3 is 2.53 bits per heavy atom. The van der Waals surface area contributed by atoms with Crippen molar-refractivity contribution in [2.45, 2.75) is 13.3 Å². The lowest BCUT2D eigenvalue weighted by Gasteiger charge is -2.06. The summed E-state index contributed by atoms with van der Waals surface area (Å²) in [4.78, 5) is 8.83. The molecule has 7 heteroatoms. The molecule has 0 saturated carbocycles. The third-order valence-corrected chi connectivity index (χ3v) is 4.60. The van der Waals surface area contributed by atoms with Gasteiger partial charge in [0.05, 0.1) is 0 Å². The van der Waals surface area contributed by atoms with E-state index in [1.165, 1.54) is 0 Å². The Morgan fingerprint density at radius 1 is 0.867 bits per heavy atom. The third kappa shape index (κ3) is 3.73. The van der Waals surface area contributed by atoms with Crippen LogP contribution in [0, 0.1) is 6.92 Å². The summed E-state index contributed by atoms with van der Waals surface area (Å²) >= 11 is 0. The Kier molecular flexibility index (Phi) is 4.61. The van der Waals surface area contributed by atoms with Gasteiger partial charge in [0, 0.05) is 30.4 Å². The molecule has 0 atom stereocenters. The summed E-state index contributed by atoms with van der Waals surface area (Å²) in [5.41, 5.74) is 3.73. The number of aromatic nitrogens is 6. The standard InChI is InChI=1S/C23H18N6O/c1-16-14-24-23(25-15-16)18-7-5-6-17(12-18)13-21-27-26-20-10-11-22(28-29(20)21)30-19-8-3-2-4-9-19/h2-12,14-15H,13H2,1H3. The Hall–Kier alpha value is -4.13. The number of rotatable bonds is 5. The summed E-state index contributed by atoms with van der Waals surface area (Å²) in [6.45, 7) is 1.97. The van der Waals surface area contributed by atoms with Crippen molar-refractivity contribution in [1.82, 2.24) is 29.8 Å². The Bertz CT molecular complexity index is 1300. The number of para-hydroxylation sites is 1. The second-order valence-corrected chi connectivity index (χ2v) is 6.93. The maximum atomic E-state index is 5.84. The van der Waals surface area contributed by atoms with Crippen LogP contribution in [0.2, 0.25) is 0 Å². The molecular formula is C23H18N6O. The van der Waals surface area contributed by atoms with E-state index in [1.807, 2.05) is 73.9 Å². The van der Waals surface area contributed by atoms with Crippen LogP contribution in [0.1, 0.15) is 17.0 Å². The molecule has 0 saturated heterocycles. The van der Waals surface area contributed by atoms with Crippen molar-refractivity contribution < 1.29 is 4.74 Å². The Labute approximate surface area is 173 Å². The average Bonchev–Trinajstić information content (AvgIpc) is 3.17. The number of benzene rings is 2. The van der Waals surface area contributed by atoms with Gasteiger partial charge in [-0.15, -0.1) is 15.3 Å². The van der Waals surface area contributed by atoms with Crippen molar-refractivity contribution in [3.05, 3.63) is 96.1 Å². The van der Waals surface area contributed by atoms with Gasteiger partial charge < -0.3 is 4.74 Å². The first kappa shape index (κ1) is 17.9. The SMILES string of the molecule is Cc1cnc(-c2cccc(Cc3nnc4ccc(Oc5ccccc5)nn34)c2)nc1. The van der Waals surface area contributed by atoms with Gasteiger partial charge in [0.1, 0.15) is 5.75 Å². The van der Waals surface area contributed by atoms with Crippen LogP contribution in [0.15, 0.2) is 79.1 Å². The molecule has 5 aromatic rings. The van der Waals surface area contributed by atoms with Gasteiger partial charge in [-0.2, -0.15) is 4.52 Å². The van der Waals surface area contributed by atoms with Gasteiger partial charge >= 0.3 is 0 Å². The van der Waals surface area contributed by atoms with Crippen LogP contribution >= 0.6 is 0 Å². The molecule has 0 bridgehead atoms. The number of hydrogen-bond donors (Lipinski definition) is 0. The van der Waals surface area contributed by atoms with Crippen molar-refractivity contribution in [2.75, 3.05) is 0 Å². The fraction of sp³-hybridized carbons (Fsp3) is 0.0870. The lowest BCUT2D eigenvalue weighted by atomic mass is 10.1. The molecule has 5 rings (SSSR count). The van der Waals surface area contributed by atoms with Gasteiger partial charge in [-0.1, -0.05) is 36.4 Å². The largest absolute Gasteiger partial charge is 0.438 e. The van der Waals surface area contributed by atoms with E-state index in [4.69, 9.17) is 4.74 Å². The first-order chi connectivity index (χ1) is 14.7. The lowest BCUT2D eigenvalue weighted by Crippen LogP contribution is -2.02. The molecule has 0 unspecified atom stereocenters. The Morgan fingerprint density at radius 2 is 1.70 bits per heavy atom. The molecule has 0 N–H and O–H groups in total. The zero-order valence-corrected chi connectivity index (χ0v) is 16.3. The number of nitrogens with zero attached hydrogens (tertiary/aromatic N) is 6. The van der Waals surface area contributed by atoms with E-state index in [2.05, 4.69) is 31.3 Å². The molecule has 0 amide bonds. The summed E-state index contributed by atoms with van der Waals surface area (Å²) in [6.07, 6.45) is 4.21. The summed E-state index contributed by atoms with van der Waals surface area (Å²) in [6, 6.07) is 21.3. The third-order valence-electron chi connectivity index (χ3n) is 4.60. The molecular weight excluding hydrogens is 376 g/mol. The van der Waals surface area contributed by atoms with E-state index in [1.54, 1.807) is 10.6 Å². The van der Waals surface area contributed by atoms with Gasteiger partial charge in [0.15, 0.2) is 17.3 Å². The first-order valence-electron chi connectivity index (χ1n) is 9.57. The van der Waals surface area contributed by atoms with E-state index in [9.17, 15) is 0 Å². The van der Waals surface area contributed by atoms with E-state index in [0.717, 1.165) is 28.3 Å². The number of hydrogen-bond acceptors (Lipinski definition) is 6. The van der Waals surface area contributed by atoms with Crippen molar-refractivity contribution in [2.24, 2.45) is 0 Å². The van der Waals surface area contributed by atoms with Crippen molar-refractivity contribution in [1.29, 1.82) is 0 Å². The minimum absolute atomic E-state index is 0.483. The molecule has 2 aromatic carbocycles. The lowest BCUT2D eigenvalue weighted by molar-refractivity contribution is 0.451. The van der Waals surface area contributed by atoms with Crippen LogP contribution in [0.5, 0.6) is 11.6 Å². The van der Waals surface area contributed by atoms with Gasteiger partial charge in [-0.05, 0) is 42.3 Å². The van der Waals surface area contributed by atoms with Crippen LogP contribution in [0.25, 0.3) is 17.0 Å². The van der Waals surface area contributed by atoms with Crippen LogP contribution in [0.4, 0.5) is 0 Å². The second kappa shape index (κ2) is 7.71. The van der Waals surface area contributed by atoms with Crippen LogP contribution in [0.3, 0.4) is 0 Å². The molecule has 0 aliphatic heterocycles. The van der Waals surface area contributed by atoms with Gasteiger partial charge in [-0.3, -0.25) is 0 Å². The van der Waals surface area contributed by atoms with Gasteiger partial charge in [0.2, 0.25) is 5.88 Å². The topological polar surface area (TPSA) is 78.1 Å². The number of fused-ring (bicyclic) bond motifs is 1. The molecule has 0 aliphatic rings. The minimum Gasteiger partial charge on any atom is -0.438 e. The van der Waals surface area contributed by atoms with E-state index >= 15 is 0 Å². The summed E-state index contributed by atoms with van der Waals surface area (Å²) in [7, 11) is 0. The van der Waals surface area contributed by atoms with Crippen molar-refractivity contribution in [3.63, 3.8) is 0 Å². The fourth-order valence-corrected chi connectivity index (χ4v) is 3.14. The highest BCUT2D eigenvalue weighted by molar-refractivity contribution is 5.56. The summed E-state index contributed by atoms with van der Waals surface area (Å²) in [5, 5.41) is 13.1. The molecule has 0 aliphatic carbocycles. The molecule has 0 spiro atoms. The number of ether oxygens (including phenoxy) is 1. The molecule has 146 valence electrons. The normalized spacial score (nSPS) is 11.0. The molecule has 7 nitrogen and oxygen atoms in total. The smallest absolute Gasteiger partial charge is 0.237 e. The summed E-state index contributed by atoms with van der Waals surface area (Å²) < 4.78 is 7.56. The number of aryl methyl sites for hydroxylation is 1. The van der Waals surface area contributed by atoms with E-state index in [-0.39, 0.29) is 0 Å². The van der Waals surface area contributed by atoms with Gasteiger partial charge in [0.25, 0.3) is 0 Å². The van der Waals surface area contributed by atoms with Gasteiger partial charge in [-0.25, -0.2) is 9.97 Å². The molecule has 30 heavy (non-hydrogen) atoms. The highest BCUT2D eigenvalue weighted by atomic mass is 16.5. The zero-order valence-electron chi connectivity index (χ0n) is 16.3. The van der Waals surface area contributed by atoms with E-state index in [0.29, 0.717) is 23.8 Å². The molecule has 3 aromatic heterocycles. The second-order valence-electron chi connectivity index (χ2n) is 6.93. The van der Waals surface area contributed by atoms with Crippen molar-refractivity contribution in [3.8, 4) is 23.0 Å². The predicted molar refractivity (Wildman–Crippen MR) is 112 cm³/mol. The van der Waals surface area contributed by atoms with Crippen LogP contribution in [-0.2, 0) is 6.42 Å². The fourth-order valence-electron chi connectivity index (χ4n) is 3.14. The molecule has 0 radical (unpaired) electrons. The van der Waals surface area contributed by atoms with Crippen LogP contribution in [-0.4, -0.2) is 29.8 Å². The van der Waals surface area contributed by atoms with Crippen LogP contribution < -0.4 is 4.74 Å². The Balaban J connectivity index is 1.43. The minimum atomic E-state index is 0.483. The summed E-state index contributed by atoms with van der Waals surface area (Å²) in [5.74, 6) is 2.64. The molecule has 0 fully saturated rings. The highest BCUT2D eigenvalue weighted by Gasteiger charge is 2.11. The zero-order chi connectivity index (χ0) is 20.3. The predicted octanol–water partition coefficient (Wildman–Crippen LogP) is 4.27. The monoisotopic (exact) mass is 394 g/mol. The van der Waals surface area contributed by atoms with E-state index < -0.39 is 0 Å². The molecule has 3 heterocycles. The average molecular weight is 394 g/mol.